The molecule has 0 radical (unpaired) electrons. The zero-order chi connectivity index (χ0) is 12.8. The fraction of sp³-hybridized carbons (Fsp3) is 0.364. The molecule has 0 spiro atoms. The summed E-state index contributed by atoms with van der Waals surface area (Å²) in [4.78, 5) is 0. The SMILES string of the molecule is COc1ccc(CCNc2nnns2)c(OC)c1. The number of anilines is 1. The minimum atomic E-state index is 0.725. The third-order valence-electron chi connectivity index (χ3n) is 2.46. The predicted molar refractivity (Wildman–Crippen MR) is 69.4 cm³/mol. The first-order valence-electron chi connectivity index (χ1n) is 5.43. The first kappa shape index (κ1) is 12.6. The normalized spacial score (nSPS) is 10.1. The third-order valence-corrected chi connectivity index (χ3v) is 3.02. The van der Waals surface area contributed by atoms with E-state index in [0.717, 1.165) is 35.2 Å². The Balaban J connectivity index is 1.96. The van der Waals surface area contributed by atoms with Crippen LogP contribution in [0.25, 0.3) is 0 Å². The van der Waals surface area contributed by atoms with E-state index in [1.165, 1.54) is 11.5 Å². The van der Waals surface area contributed by atoms with E-state index in [1.807, 2.05) is 18.2 Å². The van der Waals surface area contributed by atoms with Gasteiger partial charge < -0.3 is 14.8 Å². The zero-order valence-electron chi connectivity index (χ0n) is 10.2. The average molecular weight is 266 g/mol. The second-order valence-corrected chi connectivity index (χ2v) is 4.25. The maximum absolute atomic E-state index is 5.33. The second kappa shape index (κ2) is 6.15. The molecular weight excluding hydrogens is 252 g/mol. The Labute approximate surface area is 109 Å². The Bertz CT molecular complexity index is 490. The number of hydrogen-bond acceptors (Lipinski definition) is 7. The average Bonchev–Trinajstić information content (AvgIpc) is 2.92. The molecule has 0 atom stereocenters. The van der Waals surface area contributed by atoms with E-state index in [4.69, 9.17) is 9.47 Å². The number of ether oxygens (including phenoxy) is 2. The predicted octanol–water partition coefficient (Wildman–Crippen LogP) is 1.60. The Morgan fingerprint density at radius 2 is 2.17 bits per heavy atom. The molecule has 0 unspecified atom stereocenters. The molecule has 96 valence electrons. The molecule has 6 nitrogen and oxygen atoms in total. The summed E-state index contributed by atoms with van der Waals surface area (Å²) in [5.41, 5.74) is 1.11. The van der Waals surface area contributed by atoms with Crippen molar-refractivity contribution in [2.24, 2.45) is 0 Å². The van der Waals surface area contributed by atoms with Crippen LogP contribution in [0.2, 0.25) is 0 Å². The quantitative estimate of drug-likeness (QED) is 0.856. The van der Waals surface area contributed by atoms with Gasteiger partial charge in [-0.15, -0.1) is 0 Å². The highest BCUT2D eigenvalue weighted by atomic mass is 32.1. The molecule has 0 bridgehead atoms. The summed E-state index contributed by atoms with van der Waals surface area (Å²) in [6.45, 7) is 0.750. The van der Waals surface area contributed by atoms with Crippen molar-refractivity contribution in [3.8, 4) is 11.5 Å². The van der Waals surface area contributed by atoms with Crippen molar-refractivity contribution in [3.63, 3.8) is 0 Å². The monoisotopic (exact) mass is 266 g/mol. The van der Waals surface area contributed by atoms with Crippen molar-refractivity contribution in [1.29, 1.82) is 0 Å². The number of rotatable bonds is 6. The van der Waals surface area contributed by atoms with Crippen molar-refractivity contribution >= 4 is 16.7 Å². The molecule has 18 heavy (non-hydrogen) atoms. The Hall–Kier alpha value is -1.89. The Morgan fingerprint density at radius 1 is 1.28 bits per heavy atom. The van der Waals surface area contributed by atoms with Gasteiger partial charge in [-0.05, 0) is 23.3 Å². The van der Waals surface area contributed by atoms with Crippen LogP contribution >= 0.6 is 11.5 Å². The number of nitrogens with one attached hydrogen (secondary N) is 1. The third kappa shape index (κ3) is 3.07. The minimum absolute atomic E-state index is 0.725. The summed E-state index contributed by atoms with van der Waals surface area (Å²) in [5, 5.41) is 11.2. The first-order valence-corrected chi connectivity index (χ1v) is 6.20. The highest BCUT2D eigenvalue weighted by Crippen LogP contribution is 2.24. The molecule has 2 rings (SSSR count). The number of methoxy groups -OCH3 is 2. The van der Waals surface area contributed by atoms with Crippen LogP contribution < -0.4 is 14.8 Å². The Morgan fingerprint density at radius 3 is 2.83 bits per heavy atom. The second-order valence-electron chi connectivity index (χ2n) is 3.52. The van der Waals surface area contributed by atoms with E-state index in [9.17, 15) is 0 Å². The van der Waals surface area contributed by atoms with Crippen LogP contribution in [0.1, 0.15) is 5.56 Å². The largest absolute Gasteiger partial charge is 0.497 e. The highest BCUT2D eigenvalue weighted by Gasteiger charge is 2.05. The molecule has 0 saturated heterocycles. The molecule has 0 saturated carbocycles. The molecule has 0 amide bonds. The molecule has 1 aromatic heterocycles. The lowest BCUT2D eigenvalue weighted by atomic mass is 10.1. The van der Waals surface area contributed by atoms with Gasteiger partial charge in [0.05, 0.1) is 14.2 Å². The van der Waals surface area contributed by atoms with Crippen molar-refractivity contribution in [2.75, 3.05) is 26.1 Å². The van der Waals surface area contributed by atoms with Crippen LogP contribution in [0.3, 0.4) is 0 Å². The summed E-state index contributed by atoms with van der Waals surface area (Å²) in [7, 11) is 3.29. The molecule has 0 aliphatic rings. The molecule has 0 aliphatic heterocycles. The van der Waals surface area contributed by atoms with E-state index in [2.05, 4.69) is 20.1 Å². The lowest BCUT2D eigenvalue weighted by Crippen LogP contribution is -2.05. The molecule has 1 heterocycles. The highest BCUT2D eigenvalue weighted by molar-refractivity contribution is 7.09. The van der Waals surface area contributed by atoms with Crippen LogP contribution in [0.4, 0.5) is 5.13 Å². The van der Waals surface area contributed by atoms with Gasteiger partial charge in [0.15, 0.2) is 0 Å². The number of nitrogens with zero attached hydrogens (tertiary/aromatic N) is 3. The smallest absolute Gasteiger partial charge is 0.225 e. The van der Waals surface area contributed by atoms with Gasteiger partial charge in [-0.2, -0.15) is 0 Å². The van der Waals surface area contributed by atoms with E-state index < -0.39 is 0 Å². The lowest BCUT2D eigenvalue weighted by molar-refractivity contribution is 0.391. The van der Waals surface area contributed by atoms with Crippen LogP contribution in [0.15, 0.2) is 18.2 Å². The van der Waals surface area contributed by atoms with Crippen LogP contribution in [-0.2, 0) is 6.42 Å². The number of hydrogen-bond donors (Lipinski definition) is 1. The van der Waals surface area contributed by atoms with Gasteiger partial charge in [-0.1, -0.05) is 15.7 Å². The summed E-state index contributed by atoms with van der Waals surface area (Å²) in [6, 6.07) is 5.80. The van der Waals surface area contributed by atoms with Gasteiger partial charge in [-0.3, -0.25) is 0 Å². The lowest BCUT2D eigenvalue weighted by Gasteiger charge is -2.10. The molecule has 0 aliphatic carbocycles. The topological polar surface area (TPSA) is 69.2 Å². The fourth-order valence-electron chi connectivity index (χ4n) is 1.56. The summed E-state index contributed by atoms with van der Waals surface area (Å²) in [6.07, 6.45) is 0.826. The van der Waals surface area contributed by atoms with Gasteiger partial charge in [0.25, 0.3) is 0 Å². The van der Waals surface area contributed by atoms with Crippen molar-refractivity contribution in [1.82, 2.24) is 14.8 Å². The van der Waals surface area contributed by atoms with E-state index in [0.29, 0.717) is 0 Å². The van der Waals surface area contributed by atoms with Crippen LogP contribution in [0, 0.1) is 0 Å². The van der Waals surface area contributed by atoms with Gasteiger partial charge >= 0.3 is 0 Å². The minimum Gasteiger partial charge on any atom is -0.497 e. The molecule has 1 aromatic carbocycles. The molecule has 2 aromatic rings. The fourth-order valence-corrected chi connectivity index (χ4v) is 1.95. The standard InChI is InChI=1S/C11H14N4O2S/c1-16-9-4-3-8(10(7-9)17-2)5-6-12-11-13-14-15-18-11/h3-4,7H,5-6H2,1-2H3,(H,12,13,15). The van der Waals surface area contributed by atoms with Crippen molar-refractivity contribution in [3.05, 3.63) is 23.8 Å². The summed E-state index contributed by atoms with van der Waals surface area (Å²) >= 11 is 1.24. The van der Waals surface area contributed by atoms with E-state index >= 15 is 0 Å². The zero-order valence-corrected chi connectivity index (χ0v) is 11.0. The van der Waals surface area contributed by atoms with Crippen LogP contribution in [-0.4, -0.2) is 35.6 Å². The molecule has 7 heteroatoms. The van der Waals surface area contributed by atoms with Gasteiger partial charge in [0.2, 0.25) is 5.13 Å². The maximum atomic E-state index is 5.33. The molecular formula is C11H14N4O2S. The molecule has 0 fully saturated rings. The maximum Gasteiger partial charge on any atom is 0.225 e. The summed E-state index contributed by atoms with van der Waals surface area (Å²) < 4.78 is 14.2. The first-order chi connectivity index (χ1) is 8.83. The Kier molecular flexibility index (Phi) is 4.30. The van der Waals surface area contributed by atoms with Crippen molar-refractivity contribution in [2.45, 2.75) is 6.42 Å². The number of aromatic nitrogens is 3. The van der Waals surface area contributed by atoms with Crippen molar-refractivity contribution < 1.29 is 9.47 Å². The van der Waals surface area contributed by atoms with Gasteiger partial charge in [0, 0.05) is 24.1 Å². The van der Waals surface area contributed by atoms with Crippen LogP contribution in [0.5, 0.6) is 11.5 Å². The number of benzene rings is 1. The molecule has 1 N–H and O–H groups in total. The van der Waals surface area contributed by atoms with Gasteiger partial charge in [0.1, 0.15) is 11.5 Å². The van der Waals surface area contributed by atoms with E-state index in [1.54, 1.807) is 14.2 Å². The van der Waals surface area contributed by atoms with E-state index in [-0.39, 0.29) is 0 Å². The summed E-state index contributed by atoms with van der Waals surface area (Å²) in [5.74, 6) is 1.61. The van der Waals surface area contributed by atoms with Gasteiger partial charge in [-0.25, -0.2) is 0 Å².